The maximum atomic E-state index is 14.0. The highest BCUT2D eigenvalue weighted by Gasteiger charge is 2.40. The lowest BCUT2D eigenvalue weighted by Gasteiger charge is -2.21. The minimum atomic E-state index is -1.06. The predicted molar refractivity (Wildman–Crippen MR) is 74.9 cm³/mol. The molecule has 3 rings (SSSR count). The highest BCUT2D eigenvalue weighted by Crippen LogP contribution is 2.38. The summed E-state index contributed by atoms with van der Waals surface area (Å²) in [5.74, 6) is 1.84. The summed E-state index contributed by atoms with van der Waals surface area (Å²) in [6.45, 7) is -0.306. The Balaban J connectivity index is 2.09. The number of terminal acetylenes is 1. The fourth-order valence-corrected chi connectivity index (χ4v) is 2.69. The number of ether oxygens (including phenoxy) is 1. The van der Waals surface area contributed by atoms with Gasteiger partial charge in [0, 0.05) is 6.20 Å². The van der Waals surface area contributed by atoms with Crippen molar-refractivity contribution in [3.05, 3.63) is 17.3 Å². The molecule has 2 unspecified atom stereocenters. The molecule has 1 saturated heterocycles. The van der Waals surface area contributed by atoms with Gasteiger partial charge in [0.15, 0.2) is 17.1 Å². The molecule has 1 fully saturated rings. The average Bonchev–Trinajstić information content (AvgIpc) is 3.01. The Morgan fingerprint density at radius 1 is 1.67 bits per heavy atom. The van der Waals surface area contributed by atoms with Crippen molar-refractivity contribution in [3.63, 3.8) is 0 Å². The Morgan fingerprint density at radius 3 is 3.05 bits per heavy atom. The van der Waals surface area contributed by atoms with Gasteiger partial charge < -0.3 is 20.1 Å². The zero-order valence-electron chi connectivity index (χ0n) is 10.9. The average molecular weight is 311 g/mol. The second-order valence-corrected chi connectivity index (χ2v) is 5.21. The number of hydrogen-bond donors (Lipinski definition) is 2. The van der Waals surface area contributed by atoms with Crippen molar-refractivity contribution >= 4 is 28.5 Å². The van der Waals surface area contributed by atoms with Crippen molar-refractivity contribution in [1.29, 1.82) is 0 Å². The maximum absolute atomic E-state index is 14.0. The Labute approximate surface area is 124 Å². The van der Waals surface area contributed by atoms with Crippen LogP contribution in [0.1, 0.15) is 19.1 Å². The van der Waals surface area contributed by atoms with E-state index < -0.39 is 17.6 Å². The first-order valence-corrected chi connectivity index (χ1v) is 6.63. The van der Waals surface area contributed by atoms with Gasteiger partial charge in [0.1, 0.15) is 12.0 Å². The van der Waals surface area contributed by atoms with E-state index in [0.717, 1.165) is 0 Å². The molecule has 2 aromatic heterocycles. The third-order valence-corrected chi connectivity index (χ3v) is 3.78. The quantitative estimate of drug-likeness (QED) is 0.648. The van der Waals surface area contributed by atoms with Crippen LogP contribution in [0, 0.1) is 18.2 Å². The highest BCUT2D eigenvalue weighted by atomic mass is 35.5. The van der Waals surface area contributed by atoms with Crippen LogP contribution in [0.2, 0.25) is 5.28 Å². The number of hydrogen-bond acceptors (Lipinski definition) is 5. The van der Waals surface area contributed by atoms with Crippen LogP contribution in [0.5, 0.6) is 0 Å². The van der Waals surface area contributed by atoms with Crippen LogP contribution in [0.25, 0.3) is 11.0 Å². The van der Waals surface area contributed by atoms with Crippen LogP contribution in [-0.4, -0.2) is 31.8 Å². The molecule has 0 amide bonds. The van der Waals surface area contributed by atoms with E-state index in [1.165, 1.54) is 10.8 Å². The molecule has 8 heteroatoms. The Kier molecular flexibility index (Phi) is 3.24. The van der Waals surface area contributed by atoms with Crippen molar-refractivity contribution < 1.29 is 14.2 Å². The van der Waals surface area contributed by atoms with Crippen LogP contribution in [0.15, 0.2) is 6.20 Å². The van der Waals surface area contributed by atoms with Gasteiger partial charge in [-0.05, 0) is 24.4 Å². The van der Waals surface area contributed by atoms with Crippen molar-refractivity contribution in [2.75, 3.05) is 12.3 Å². The number of aliphatic hydroxyl groups is 1. The van der Waals surface area contributed by atoms with Gasteiger partial charge in [0.25, 0.3) is 0 Å². The molecule has 0 bridgehead atoms. The zero-order valence-corrected chi connectivity index (χ0v) is 11.6. The molecule has 0 aliphatic carbocycles. The van der Waals surface area contributed by atoms with Crippen LogP contribution in [0.4, 0.5) is 10.2 Å². The van der Waals surface area contributed by atoms with Gasteiger partial charge in [-0.15, -0.1) is 6.42 Å². The zero-order chi connectivity index (χ0) is 15.2. The number of nitrogen functional groups attached to an aromatic ring is 1. The molecule has 0 radical (unpaired) electrons. The van der Waals surface area contributed by atoms with Gasteiger partial charge in [-0.2, -0.15) is 4.98 Å². The fourth-order valence-electron chi connectivity index (χ4n) is 2.52. The van der Waals surface area contributed by atoms with E-state index in [2.05, 4.69) is 15.9 Å². The molecule has 110 valence electrons. The summed E-state index contributed by atoms with van der Waals surface area (Å²) < 4.78 is 21.2. The number of aliphatic hydroxyl groups excluding tert-OH is 1. The molecular weight excluding hydrogens is 299 g/mol. The van der Waals surface area contributed by atoms with E-state index >= 15 is 0 Å². The van der Waals surface area contributed by atoms with Gasteiger partial charge in [0.05, 0.1) is 12.0 Å². The molecule has 2 aromatic rings. The maximum Gasteiger partial charge on any atom is 0.226 e. The third kappa shape index (κ3) is 2.12. The molecule has 1 aliphatic rings. The smallest absolute Gasteiger partial charge is 0.226 e. The number of rotatable bonds is 2. The summed E-state index contributed by atoms with van der Waals surface area (Å²) in [5, 5.41) is 9.38. The minimum Gasteiger partial charge on any atom is -0.392 e. The molecule has 1 aliphatic heterocycles. The summed E-state index contributed by atoms with van der Waals surface area (Å²) in [6, 6.07) is 0. The molecule has 6 nitrogen and oxygen atoms in total. The van der Waals surface area contributed by atoms with Gasteiger partial charge in [0.2, 0.25) is 5.28 Å². The van der Waals surface area contributed by atoms with Crippen molar-refractivity contribution in [3.8, 4) is 12.3 Å². The molecule has 2 atom stereocenters. The Morgan fingerprint density at radius 2 is 2.43 bits per heavy atom. The van der Waals surface area contributed by atoms with Gasteiger partial charge >= 0.3 is 0 Å². The van der Waals surface area contributed by atoms with Crippen LogP contribution in [0.3, 0.4) is 0 Å². The summed E-state index contributed by atoms with van der Waals surface area (Å²) in [4.78, 5) is 7.73. The number of nitrogens with two attached hydrogens (primary N) is 1. The molecule has 21 heavy (non-hydrogen) atoms. The highest BCUT2D eigenvalue weighted by molar-refractivity contribution is 6.28. The van der Waals surface area contributed by atoms with Crippen LogP contribution < -0.4 is 5.73 Å². The second kappa shape index (κ2) is 4.84. The van der Waals surface area contributed by atoms with Crippen molar-refractivity contribution in [1.82, 2.24) is 14.5 Å². The summed E-state index contributed by atoms with van der Waals surface area (Å²) in [7, 11) is 0. The largest absolute Gasteiger partial charge is 0.392 e. The third-order valence-electron chi connectivity index (χ3n) is 3.61. The lowest BCUT2D eigenvalue weighted by molar-refractivity contribution is -0.0617. The number of halogens is 2. The topological polar surface area (TPSA) is 86.2 Å². The van der Waals surface area contributed by atoms with Crippen LogP contribution >= 0.6 is 11.6 Å². The minimum absolute atomic E-state index is 0.0374. The molecule has 0 spiro atoms. The normalized spacial score (nSPS) is 25.3. The van der Waals surface area contributed by atoms with E-state index in [-0.39, 0.29) is 28.7 Å². The van der Waals surface area contributed by atoms with E-state index in [9.17, 15) is 9.50 Å². The molecule has 3 N–H and O–H groups in total. The summed E-state index contributed by atoms with van der Waals surface area (Å²) in [6.07, 6.45) is 7.04. The first-order valence-electron chi connectivity index (χ1n) is 6.25. The molecule has 0 saturated carbocycles. The Hall–Kier alpha value is -1.88. The summed E-state index contributed by atoms with van der Waals surface area (Å²) in [5.41, 5.74) is 4.85. The number of anilines is 1. The monoisotopic (exact) mass is 310 g/mol. The number of fused-ring (bicyclic) bond motifs is 1. The SMILES string of the molecule is C#CC1(CO)CCC(n2cc(F)c3c(N)nc(Cl)nc32)O1. The van der Waals surface area contributed by atoms with E-state index in [0.29, 0.717) is 12.8 Å². The standard InChI is InChI=1S/C13H12ClFN4O2/c1-2-13(6-20)4-3-8(21-13)19-5-7(15)9-10(16)17-12(14)18-11(9)19/h1,5,8,20H,3-4,6H2,(H2,16,17,18). The lowest BCUT2D eigenvalue weighted by Crippen LogP contribution is -2.31. The predicted octanol–water partition coefficient (Wildman–Crippen LogP) is 1.48. The van der Waals surface area contributed by atoms with Crippen LogP contribution in [-0.2, 0) is 4.74 Å². The first kappa shape index (κ1) is 14.1. The van der Waals surface area contributed by atoms with Gasteiger partial charge in [-0.3, -0.25) is 0 Å². The summed E-state index contributed by atoms with van der Waals surface area (Å²) >= 11 is 5.77. The number of aromatic nitrogens is 3. The van der Waals surface area contributed by atoms with Crippen molar-refractivity contribution in [2.24, 2.45) is 0 Å². The molecule has 3 heterocycles. The Bertz CT molecular complexity index is 757. The molecule has 0 aromatic carbocycles. The first-order chi connectivity index (χ1) is 9.99. The second-order valence-electron chi connectivity index (χ2n) is 4.87. The van der Waals surface area contributed by atoms with Crippen molar-refractivity contribution in [2.45, 2.75) is 24.7 Å². The number of nitrogens with zero attached hydrogens (tertiary/aromatic N) is 3. The molecular formula is C13H12ClFN4O2. The lowest BCUT2D eigenvalue weighted by atomic mass is 10.0. The van der Waals surface area contributed by atoms with E-state index in [1.807, 2.05) is 0 Å². The van der Waals surface area contributed by atoms with Gasteiger partial charge in [-0.1, -0.05) is 5.92 Å². The fraction of sp³-hybridized carbons (Fsp3) is 0.385. The van der Waals surface area contributed by atoms with Gasteiger partial charge in [-0.25, -0.2) is 9.37 Å². The van der Waals surface area contributed by atoms with E-state index in [1.54, 1.807) is 0 Å². The van der Waals surface area contributed by atoms with E-state index in [4.69, 9.17) is 28.5 Å².